The molecule has 106 valence electrons. The summed E-state index contributed by atoms with van der Waals surface area (Å²) in [6, 6.07) is 7.35. The largest absolute Gasteiger partial charge is 0.489 e. The lowest BCUT2D eigenvalue weighted by molar-refractivity contribution is 0.316. The Morgan fingerprint density at radius 3 is 2.55 bits per heavy atom. The smallest absolute Gasteiger partial charge is 0.138 e. The van der Waals surface area contributed by atoms with E-state index >= 15 is 0 Å². The fourth-order valence-corrected chi connectivity index (χ4v) is 1.71. The van der Waals surface area contributed by atoms with Crippen molar-refractivity contribution in [2.24, 2.45) is 5.41 Å². The van der Waals surface area contributed by atoms with E-state index in [9.17, 15) is 0 Å². The molecule has 0 aliphatic heterocycles. The van der Waals surface area contributed by atoms with Gasteiger partial charge in [-0.15, -0.1) is 0 Å². The van der Waals surface area contributed by atoms with Crippen LogP contribution in [-0.2, 0) is 0 Å². The van der Waals surface area contributed by atoms with Crippen molar-refractivity contribution in [3.8, 4) is 5.75 Å². The molecule has 1 aromatic carbocycles. The third-order valence-electron chi connectivity index (χ3n) is 2.90. The predicted molar refractivity (Wildman–Crippen MR) is 80.7 cm³/mol. The van der Waals surface area contributed by atoms with Gasteiger partial charge in [0, 0.05) is 11.2 Å². The van der Waals surface area contributed by atoms with Gasteiger partial charge in [-0.05, 0) is 35.3 Å². The van der Waals surface area contributed by atoms with E-state index in [2.05, 4.69) is 30.9 Å². The molecule has 2 rings (SSSR count). The van der Waals surface area contributed by atoms with Gasteiger partial charge < -0.3 is 4.74 Å². The molecule has 0 aliphatic rings. The quantitative estimate of drug-likeness (QED) is 0.858. The fraction of sp³-hybridized carbons (Fsp3) is 0.333. The molecule has 0 atom stereocenters. The highest BCUT2D eigenvalue weighted by Crippen LogP contribution is 2.27. The van der Waals surface area contributed by atoms with Gasteiger partial charge in [0.2, 0.25) is 0 Å². The molecule has 5 heteroatoms. The average molecular weight is 292 g/mol. The summed E-state index contributed by atoms with van der Waals surface area (Å²) >= 11 is 5.86. The second-order valence-electron chi connectivity index (χ2n) is 5.52. The van der Waals surface area contributed by atoms with Gasteiger partial charge in [0.05, 0.1) is 0 Å². The highest BCUT2D eigenvalue weighted by Gasteiger charge is 2.18. The minimum Gasteiger partial charge on any atom is -0.489 e. The van der Waals surface area contributed by atoms with Crippen molar-refractivity contribution in [2.45, 2.75) is 20.8 Å². The second-order valence-corrected chi connectivity index (χ2v) is 5.96. The highest BCUT2D eigenvalue weighted by molar-refractivity contribution is 6.30. The molecule has 1 heterocycles. The first kappa shape index (κ1) is 14.6. The zero-order valence-electron chi connectivity index (χ0n) is 11.9. The highest BCUT2D eigenvalue weighted by atomic mass is 35.5. The molecular weight excluding hydrogens is 274 g/mol. The molecule has 0 unspecified atom stereocenters. The number of rotatable bonds is 4. The number of aromatic nitrogens is 3. The zero-order valence-corrected chi connectivity index (χ0v) is 12.6. The Hall–Kier alpha value is -1.81. The minimum absolute atomic E-state index is 0.0155. The van der Waals surface area contributed by atoms with Gasteiger partial charge >= 0.3 is 0 Å². The van der Waals surface area contributed by atoms with Crippen molar-refractivity contribution in [1.29, 1.82) is 0 Å². The first-order valence-corrected chi connectivity index (χ1v) is 6.76. The molecule has 0 bridgehead atoms. The van der Waals surface area contributed by atoms with Gasteiger partial charge in [-0.3, -0.25) is 0 Å². The van der Waals surface area contributed by atoms with Crippen molar-refractivity contribution in [1.82, 2.24) is 14.8 Å². The molecule has 0 radical (unpaired) electrons. The van der Waals surface area contributed by atoms with Crippen molar-refractivity contribution in [3.63, 3.8) is 0 Å². The Bertz CT molecular complexity index is 568. The lowest BCUT2D eigenvalue weighted by Gasteiger charge is -2.23. The molecule has 2 aromatic rings. The Morgan fingerprint density at radius 1 is 1.30 bits per heavy atom. The van der Waals surface area contributed by atoms with Gasteiger partial charge in [-0.2, -0.15) is 5.10 Å². The van der Waals surface area contributed by atoms with Crippen LogP contribution in [0.3, 0.4) is 0 Å². The monoisotopic (exact) mass is 291 g/mol. The van der Waals surface area contributed by atoms with Crippen molar-refractivity contribution in [3.05, 3.63) is 47.5 Å². The van der Waals surface area contributed by atoms with Crippen LogP contribution in [0.4, 0.5) is 0 Å². The number of nitrogens with zero attached hydrogens (tertiary/aromatic N) is 3. The second kappa shape index (κ2) is 6.09. The van der Waals surface area contributed by atoms with Gasteiger partial charge in [-0.25, -0.2) is 9.67 Å². The maximum absolute atomic E-state index is 5.86. The minimum atomic E-state index is -0.0155. The predicted octanol–water partition coefficient (Wildman–Crippen LogP) is 3.90. The summed E-state index contributed by atoms with van der Waals surface area (Å²) < 4.78 is 7.50. The Kier molecular flexibility index (Phi) is 4.45. The summed E-state index contributed by atoms with van der Waals surface area (Å²) in [6.45, 7) is 6.91. The standard InChI is InChI=1S/C15H18ClN3O/c1-15(2,3)12(8-19-11-17-10-18-19)9-20-14-6-4-13(16)5-7-14/h4-8,10-11H,9H2,1-3H3/b12-8+. The number of ether oxygens (including phenoxy) is 1. The van der Waals surface area contributed by atoms with Crippen LogP contribution >= 0.6 is 11.6 Å². The van der Waals surface area contributed by atoms with Gasteiger partial charge in [0.25, 0.3) is 0 Å². The molecule has 0 aliphatic carbocycles. The number of hydrogen-bond donors (Lipinski definition) is 0. The van der Waals surface area contributed by atoms with Crippen LogP contribution < -0.4 is 4.74 Å². The van der Waals surface area contributed by atoms with Gasteiger partial charge in [0.15, 0.2) is 0 Å². The summed E-state index contributed by atoms with van der Waals surface area (Å²) in [6.07, 6.45) is 5.12. The maximum Gasteiger partial charge on any atom is 0.138 e. The normalized spacial score (nSPS) is 12.5. The van der Waals surface area contributed by atoms with Crippen LogP contribution in [0.1, 0.15) is 20.8 Å². The van der Waals surface area contributed by atoms with Gasteiger partial charge in [-0.1, -0.05) is 32.4 Å². The van der Waals surface area contributed by atoms with Crippen LogP contribution in [0.2, 0.25) is 5.02 Å². The maximum atomic E-state index is 5.86. The van der Waals surface area contributed by atoms with Crippen LogP contribution in [0.5, 0.6) is 5.75 Å². The van der Waals surface area contributed by atoms with E-state index in [0.29, 0.717) is 11.6 Å². The fourth-order valence-electron chi connectivity index (χ4n) is 1.58. The van der Waals surface area contributed by atoms with Crippen LogP contribution in [0.15, 0.2) is 42.5 Å². The first-order valence-electron chi connectivity index (χ1n) is 6.39. The number of halogens is 1. The summed E-state index contributed by atoms with van der Waals surface area (Å²) in [4.78, 5) is 3.94. The number of hydrogen-bond acceptors (Lipinski definition) is 3. The van der Waals surface area contributed by atoms with E-state index < -0.39 is 0 Å². The average Bonchev–Trinajstić information content (AvgIpc) is 2.88. The molecule has 0 N–H and O–H groups in total. The molecule has 0 saturated heterocycles. The topological polar surface area (TPSA) is 39.9 Å². The molecule has 1 aromatic heterocycles. The summed E-state index contributed by atoms with van der Waals surface area (Å²) in [5, 5.41) is 4.79. The third kappa shape index (κ3) is 4.10. The van der Waals surface area contributed by atoms with Gasteiger partial charge in [0.1, 0.15) is 25.0 Å². The Morgan fingerprint density at radius 2 is 2.00 bits per heavy atom. The summed E-state index contributed by atoms with van der Waals surface area (Å²) in [5.74, 6) is 0.795. The lowest BCUT2D eigenvalue weighted by Crippen LogP contribution is -2.17. The van der Waals surface area contributed by atoms with Crippen molar-refractivity contribution < 1.29 is 4.74 Å². The van der Waals surface area contributed by atoms with E-state index in [1.807, 2.05) is 30.5 Å². The van der Waals surface area contributed by atoms with E-state index in [0.717, 1.165) is 11.3 Å². The van der Waals surface area contributed by atoms with E-state index in [1.54, 1.807) is 11.0 Å². The van der Waals surface area contributed by atoms with E-state index in [1.165, 1.54) is 6.33 Å². The molecule has 20 heavy (non-hydrogen) atoms. The SMILES string of the molecule is CC(C)(C)/C(=C/n1cncn1)COc1ccc(Cl)cc1. The van der Waals surface area contributed by atoms with Crippen molar-refractivity contribution in [2.75, 3.05) is 6.61 Å². The molecule has 0 amide bonds. The Balaban J connectivity index is 2.11. The molecular formula is C15H18ClN3O. The molecule has 0 saturated carbocycles. The van der Waals surface area contributed by atoms with E-state index in [-0.39, 0.29) is 5.41 Å². The first-order chi connectivity index (χ1) is 9.45. The van der Waals surface area contributed by atoms with Crippen molar-refractivity contribution >= 4 is 17.8 Å². The van der Waals surface area contributed by atoms with Crippen LogP contribution in [-0.4, -0.2) is 21.4 Å². The summed E-state index contributed by atoms with van der Waals surface area (Å²) in [5.41, 5.74) is 1.11. The number of benzene rings is 1. The lowest BCUT2D eigenvalue weighted by atomic mass is 9.87. The Labute approximate surface area is 124 Å². The van der Waals surface area contributed by atoms with Crippen LogP contribution in [0.25, 0.3) is 6.20 Å². The molecule has 0 spiro atoms. The van der Waals surface area contributed by atoms with E-state index in [4.69, 9.17) is 16.3 Å². The zero-order chi connectivity index (χ0) is 14.6. The summed E-state index contributed by atoms with van der Waals surface area (Å²) in [7, 11) is 0. The molecule has 4 nitrogen and oxygen atoms in total. The van der Waals surface area contributed by atoms with Crippen LogP contribution in [0, 0.1) is 5.41 Å². The molecule has 0 fully saturated rings. The third-order valence-corrected chi connectivity index (χ3v) is 3.15.